The standard InChI is InChI=1S/C7H6BrClF2N2/c8-3-1-4(9)5(2-12)13-6(3)7(10)11/h1,7H,2,12H2. The average Bonchev–Trinajstić information content (AvgIpc) is 2.03. The van der Waals surface area contributed by atoms with E-state index in [0.717, 1.165) is 0 Å². The smallest absolute Gasteiger partial charge is 0.281 e. The summed E-state index contributed by atoms with van der Waals surface area (Å²) in [6, 6.07) is 1.37. The summed E-state index contributed by atoms with van der Waals surface area (Å²) in [4.78, 5) is 3.64. The molecule has 0 saturated carbocycles. The predicted molar refractivity (Wildman–Crippen MR) is 49.8 cm³/mol. The molecule has 0 aromatic carbocycles. The van der Waals surface area contributed by atoms with E-state index >= 15 is 0 Å². The van der Waals surface area contributed by atoms with E-state index in [1.807, 2.05) is 0 Å². The van der Waals surface area contributed by atoms with Gasteiger partial charge in [-0.1, -0.05) is 11.6 Å². The van der Waals surface area contributed by atoms with E-state index in [1.54, 1.807) is 0 Å². The zero-order valence-electron chi connectivity index (χ0n) is 6.40. The number of rotatable bonds is 2. The second-order valence-corrected chi connectivity index (χ2v) is 3.55. The third-order valence-corrected chi connectivity index (χ3v) is 2.39. The van der Waals surface area contributed by atoms with Crippen molar-refractivity contribution in [3.8, 4) is 0 Å². The Hall–Kier alpha value is -0.260. The Balaban J connectivity index is 3.22. The summed E-state index contributed by atoms with van der Waals surface area (Å²) >= 11 is 8.63. The maximum atomic E-state index is 12.3. The highest BCUT2D eigenvalue weighted by Crippen LogP contribution is 2.29. The Morgan fingerprint density at radius 1 is 1.62 bits per heavy atom. The van der Waals surface area contributed by atoms with Gasteiger partial charge in [0.05, 0.1) is 10.7 Å². The topological polar surface area (TPSA) is 38.9 Å². The molecule has 13 heavy (non-hydrogen) atoms. The summed E-state index contributed by atoms with van der Waals surface area (Å²) < 4.78 is 24.8. The second kappa shape index (κ2) is 4.30. The predicted octanol–water partition coefficient (Wildman–Crippen LogP) is 2.89. The van der Waals surface area contributed by atoms with Crippen LogP contribution < -0.4 is 5.73 Å². The molecule has 0 aliphatic carbocycles. The molecule has 6 heteroatoms. The van der Waals surface area contributed by atoms with Gasteiger partial charge in [-0.25, -0.2) is 13.8 Å². The molecule has 1 rings (SSSR count). The zero-order chi connectivity index (χ0) is 10.0. The average molecular weight is 271 g/mol. The molecule has 1 heterocycles. The van der Waals surface area contributed by atoms with Crippen LogP contribution in [-0.4, -0.2) is 4.98 Å². The SMILES string of the molecule is NCc1nc(C(F)F)c(Br)cc1Cl. The Labute approximate surface area is 87.2 Å². The van der Waals surface area contributed by atoms with Gasteiger partial charge >= 0.3 is 0 Å². The van der Waals surface area contributed by atoms with Crippen LogP contribution in [0, 0.1) is 0 Å². The summed E-state index contributed by atoms with van der Waals surface area (Å²) in [5.41, 5.74) is 5.21. The molecule has 72 valence electrons. The van der Waals surface area contributed by atoms with Gasteiger partial charge in [0.15, 0.2) is 0 Å². The fourth-order valence-corrected chi connectivity index (χ4v) is 1.67. The first-order valence-corrected chi connectivity index (χ1v) is 4.56. The summed E-state index contributed by atoms with van der Waals surface area (Å²) in [6.45, 7) is 0.0475. The van der Waals surface area contributed by atoms with Gasteiger partial charge in [0.1, 0.15) is 5.69 Å². The molecule has 0 aliphatic heterocycles. The number of hydrogen-bond donors (Lipinski definition) is 1. The van der Waals surface area contributed by atoms with E-state index in [4.69, 9.17) is 17.3 Å². The number of nitrogens with zero attached hydrogens (tertiary/aromatic N) is 1. The lowest BCUT2D eigenvalue weighted by Gasteiger charge is -2.06. The van der Waals surface area contributed by atoms with E-state index in [2.05, 4.69) is 20.9 Å². The maximum absolute atomic E-state index is 12.3. The van der Waals surface area contributed by atoms with Crippen LogP contribution >= 0.6 is 27.5 Å². The van der Waals surface area contributed by atoms with Crippen LogP contribution in [-0.2, 0) is 6.54 Å². The highest BCUT2D eigenvalue weighted by Gasteiger charge is 2.15. The number of hydrogen-bond acceptors (Lipinski definition) is 2. The van der Waals surface area contributed by atoms with Crippen LogP contribution in [0.15, 0.2) is 10.5 Å². The number of alkyl halides is 2. The van der Waals surface area contributed by atoms with Crippen LogP contribution in [0.2, 0.25) is 5.02 Å². The minimum absolute atomic E-state index is 0.0475. The molecule has 0 amide bonds. The van der Waals surface area contributed by atoms with Crippen molar-refractivity contribution in [2.24, 2.45) is 5.73 Å². The molecule has 0 unspecified atom stereocenters. The molecular weight excluding hydrogens is 265 g/mol. The van der Waals surface area contributed by atoms with Crippen molar-refractivity contribution in [3.05, 3.63) is 26.9 Å². The third-order valence-electron chi connectivity index (χ3n) is 1.43. The third kappa shape index (κ3) is 2.36. The molecule has 1 aromatic rings. The Bertz CT molecular complexity index is 320. The minimum atomic E-state index is -2.63. The molecule has 0 radical (unpaired) electrons. The summed E-state index contributed by atoms with van der Waals surface area (Å²) in [5.74, 6) is 0. The summed E-state index contributed by atoms with van der Waals surface area (Å²) in [5, 5.41) is 0.291. The molecule has 2 nitrogen and oxygen atoms in total. The lowest BCUT2D eigenvalue weighted by atomic mass is 10.3. The fraction of sp³-hybridized carbons (Fsp3) is 0.286. The van der Waals surface area contributed by atoms with Crippen LogP contribution in [0.4, 0.5) is 8.78 Å². The van der Waals surface area contributed by atoms with Crippen molar-refractivity contribution < 1.29 is 8.78 Å². The zero-order valence-corrected chi connectivity index (χ0v) is 8.74. The number of aromatic nitrogens is 1. The van der Waals surface area contributed by atoms with Crippen LogP contribution in [0.1, 0.15) is 17.8 Å². The van der Waals surface area contributed by atoms with Gasteiger partial charge in [-0.3, -0.25) is 0 Å². The highest BCUT2D eigenvalue weighted by atomic mass is 79.9. The molecule has 0 atom stereocenters. The minimum Gasteiger partial charge on any atom is -0.325 e. The monoisotopic (exact) mass is 270 g/mol. The van der Waals surface area contributed by atoms with E-state index in [0.29, 0.717) is 5.02 Å². The highest BCUT2D eigenvalue weighted by molar-refractivity contribution is 9.10. The molecule has 2 N–H and O–H groups in total. The van der Waals surface area contributed by atoms with Crippen molar-refractivity contribution in [1.82, 2.24) is 4.98 Å². The van der Waals surface area contributed by atoms with Crippen LogP contribution in [0.25, 0.3) is 0 Å². The molecule has 0 fully saturated rings. The van der Waals surface area contributed by atoms with E-state index in [-0.39, 0.29) is 22.4 Å². The lowest BCUT2D eigenvalue weighted by molar-refractivity contribution is 0.145. The normalized spacial score (nSPS) is 10.9. The van der Waals surface area contributed by atoms with Crippen LogP contribution in [0.5, 0.6) is 0 Å². The van der Waals surface area contributed by atoms with Gasteiger partial charge < -0.3 is 5.73 Å². The van der Waals surface area contributed by atoms with Gasteiger partial charge in [-0.15, -0.1) is 0 Å². The first-order chi connectivity index (χ1) is 6.06. The molecule has 1 aromatic heterocycles. The van der Waals surface area contributed by atoms with E-state index < -0.39 is 6.43 Å². The number of halogens is 4. The largest absolute Gasteiger partial charge is 0.325 e. The molecule has 0 aliphatic rings. The maximum Gasteiger partial charge on any atom is 0.281 e. The van der Waals surface area contributed by atoms with Crippen LogP contribution in [0.3, 0.4) is 0 Å². The van der Waals surface area contributed by atoms with E-state index in [9.17, 15) is 8.78 Å². The first-order valence-electron chi connectivity index (χ1n) is 3.39. The Morgan fingerprint density at radius 2 is 2.23 bits per heavy atom. The molecule has 0 spiro atoms. The van der Waals surface area contributed by atoms with Gasteiger partial charge in [-0.05, 0) is 22.0 Å². The lowest BCUT2D eigenvalue weighted by Crippen LogP contribution is -2.04. The first kappa shape index (κ1) is 10.8. The van der Waals surface area contributed by atoms with Crippen molar-refractivity contribution >= 4 is 27.5 Å². The van der Waals surface area contributed by atoms with Crippen molar-refractivity contribution in [2.45, 2.75) is 13.0 Å². The van der Waals surface area contributed by atoms with Crippen molar-refractivity contribution in [2.75, 3.05) is 0 Å². The number of nitrogens with two attached hydrogens (primary N) is 1. The molecule has 0 bridgehead atoms. The number of pyridine rings is 1. The second-order valence-electron chi connectivity index (χ2n) is 2.29. The summed E-state index contributed by atoms with van der Waals surface area (Å²) in [6.07, 6.45) is -2.63. The van der Waals surface area contributed by atoms with E-state index in [1.165, 1.54) is 6.07 Å². The van der Waals surface area contributed by atoms with Gasteiger partial charge in [-0.2, -0.15) is 0 Å². The van der Waals surface area contributed by atoms with Gasteiger partial charge in [0, 0.05) is 11.0 Å². The quantitative estimate of drug-likeness (QED) is 0.898. The van der Waals surface area contributed by atoms with Crippen molar-refractivity contribution in [3.63, 3.8) is 0 Å². The Morgan fingerprint density at radius 3 is 2.69 bits per heavy atom. The fourth-order valence-electron chi connectivity index (χ4n) is 0.817. The Kier molecular flexibility index (Phi) is 3.58. The van der Waals surface area contributed by atoms with Gasteiger partial charge in [0.2, 0.25) is 0 Å². The van der Waals surface area contributed by atoms with Gasteiger partial charge in [0.25, 0.3) is 6.43 Å². The molecule has 0 saturated heterocycles. The van der Waals surface area contributed by atoms with Crippen molar-refractivity contribution in [1.29, 1.82) is 0 Å². The molecular formula is C7H6BrClF2N2. The summed E-state index contributed by atoms with van der Waals surface area (Å²) in [7, 11) is 0.